The van der Waals surface area contributed by atoms with E-state index in [0.29, 0.717) is 35.8 Å². The maximum absolute atomic E-state index is 13.1. The maximum atomic E-state index is 13.1. The van der Waals surface area contributed by atoms with Crippen molar-refractivity contribution in [3.63, 3.8) is 0 Å². The van der Waals surface area contributed by atoms with Gasteiger partial charge in [-0.2, -0.15) is 13.2 Å². The van der Waals surface area contributed by atoms with Crippen LogP contribution in [0.2, 0.25) is 5.02 Å². The monoisotopic (exact) mass is 592 g/mol. The van der Waals surface area contributed by atoms with Crippen molar-refractivity contribution < 1.29 is 18.0 Å². The fourth-order valence-electron chi connectivity index (χ4n) is 4.23. The van der Waals surface area contributed by atoms with Gasteiger partial charge in [-0.05, 0) is 49.1 Å². The van der Waals surface area contributed by atoms with Crippen molar-refractivity contribution in [3.8, 4) is 0 Å². The van der Waals surface area contributed by atoms with Gasteiger partial charge in [-0.3, -0.25) is 15.3 Å². The molecular formula is C30H40ClF3N6O. The van der Waals surface area contributed by atoms with Crippen molar-refractivity contribution in [3.05, 3.63) is 81.5 Å². The zero-order valence-electron chi connectivity index (χ0n) is 24.0. The summed E-state index contributed by atoms with van der Waals surface area (Å²) in [5.41, 5.74) is 10.5. The number of carbonyl (C=O) groups is 1. The molecule has 5 N–H and O–H groups in total. The number of rotatable bonds is 8. The average Bonchev–Trinajstić information content (AvgIpc) is 2.96. The number of nitrogens with zero attached hydrogens (tertiary/aromatic N) is 2. The first-order valence-electron chi connectivity index (χ1n) is 13.8. The number of urea groups is 1. The van der Waals surface area contributed by atoms with Crippen LogP contribution in [0, 0.1) is 5.41 Å². The Morgan fingerprint density at radius 3 is 2.46 bits per heavy atom. The fraction of sp³-hybridized carbons (Fsp3) is 0.433. The molecule has 3 rings (SSSR count). The summed E-state index contributed by atoms with van der Waals surface area (Å²) in [6.45, 7) is 8.15. The van der Waals surface area contributed by atoms with Crippen LogP contribution in [-0.2, 0) is 13.0 Å². The van der Waals surface area contributed by atoms with Gasteiger partial charge in [-0.15, -0.1) is 0 Å². The average molecular weight is 593 g/mol. The number of halogens is 4. The van der Waals surface area contributed by atoms with Crippen LogP contribution in [0.15, 0.2) is 64.8 Å². The fourth-order valence-corrected chi connectivity index (χ4v) is 4.43. The number of benzene rings is 2. The number of piperidine rings is 1. The van der Waals surface area contributed by atoms with Gasteiger partial charge in [-0.1, -0.05) is 74.8 Å². The maximum Gasteiger partial charge on any atom is 0.390 e. The van der Waals surface area contributed by atoms with Crippen molar-refractivity contribution in [2.24, 2.45) is 10.7 Å². The van der Waals surface area contributed by atoms with E-state index < -0.39 is 25.2 Å². The minimum atomic E-state index is -4.48. The number of amidine groups is 1. The standard InChI is InChI=1S/C28H34ClF3N6O.C2H6/c1-3-19-8-10-20(11-9-19)26(34)38(15-13-28(30,31)32)27(39)37-17-24(33)22-12-14-35-18(2)25(22)36-16-21-6-4-5-7-23(21)29;1-2/h4-11,18,34-35H,3,12-17,33H2,1-2H3,(H,37,39);1-2H3/b24-22-,34-26?,36-25?;. The highest BCUT2D eigenvalue weighted by atomic mass is 35.5. The first-order chi connectivity index (χ1) is 19.5. The Kier molecular flexibility index (Phi) is 13.3. The number of hydrogen-bond donors (Lipinski definition) is 4. The lowest BCUT2D eigenvalue weighted by molar-refractivity contribution is -0.135. The van der Waals surface area contributed by atoms with Gasteiger partial charge in [-0.25, -0.2) is 4.79 Å². The lowest BCUT2D eigenvalue weighted by atomic mass is 9.95. The molecule has 0 saturated carbocycles. The zero-order valence-corrected chi connectivity index (χ0v) is 24.8. The molecule has 1 aliphatic rings. The third-order valence-electron chi connectivity index (χ3n) is 6.51. The van der Waals surface area contributed by atoms with Crippen LogP contribution < -0.4 is 16.4 Å². The lowest BCUT2D eigenvalue weighted by Crippen LogP contribution is -2.47. The van der Waals surface area contributed by atoms with Crippen LogP contribution in [0.3, 0.4) is 0 Å². The Balaban J connectivity index is 0.00000287. The van der Waals surface area contributed by atoms with Crippen molar-refractivity contribution in [2.75, 3.05) is 19.6 Å². The largest absolute Gasteiger partial charge is 0.400 e. The number of hydrogen-bond acceptors (Lipinski definition) is 5. The molecule has 7 nitrogen and oxygen atoms in total. The molecule has 0 spiro atoms. The predicted molar refractivity (Wildman–Crippen MR) is 161 cm³/mol. The van der Waals surface area contributed by atoms with Crippen LogP contribution in [0.4, 0.5) is 18.0 Å². The third-order valence-corrected chi connectivity index (χ3v) is 6.88. The molecule has 1 unspecified atom stereocenters. The molecule has 224 valence electrons. The van der Waals surface area contributed by atoms with Gasteiger partial charge in [0, 0.05) is 28.9 Å². The summed E-state index contributed by atoms with van der Waals surface area (Å²) in [6.07, 6.45) is -4.37. The number of nitrogens with one attached hydrogen (secondary N) is 3. The summed E-state index contributed by atoms with van der Waals surface area (Å²) < 4.78 is 39.1. The van der Waals surface area contributed by atoms with Crippen molar-refractivity contribution in [1.82, 2.24) is 15.5 Å². The summed E-state index contributed by atoms with van der Waals surface area (Å²) in [5.74, 6) is -0.317. The van der Waals surface area contributed by atoms with Gasteiger partial charge in [0.1, 0.15) is 5.84 Å². The Bertz CT molecular complexity index is 1230. The summed E-state index contributed by atoms with van der Waals surface area (Å²) >= 11 is 6.27. The summed E-state index contributed by atoms with van der Waals surface area (Å²) in [7, 11) is 0. The number of carbonyl (C=O) groups excluding carboxylic acids is 1. The Hall–Kier alpha value is -3.37. The molecule has 0 aromatic heterocycles. The van der Waals surface area contributed by atoms with Gasteiger partial charge in [0.05, 0.1) is 25.2 Å². The summed E-state index contributed by atoms with van der Waals surface area (Å²) in [6, 6.07) is 13.3. The third kappa shape index (κ3) is 10.2. The highest BCUT2D eigenvalue weighted by Gasteiger charge is 2.31. The molecule has 11 heteroatoms. The van der Waals surface area contributed by atoms with Gasteiger partial charge >= 0.3 is 12.2 Å². The van der Waals surface area contributed by atoms with Crippen LogP contribution in [0.25, 0.3) is 0 Å². The minimum Gasteiger partial charge on any atom is -0.400 e. The van der Waals surface area contributed by atoms with Crippen LogP contribution in [0.1, 0.15) is 57.2 Å². The highest BCUT2D eigenvalue weighted by molar-refractivity contribution is 6.31. The van der Waals surface area contributed by atoms with Crippen LogP contribution in [0.5, 0.6) is 0 Å². The molecule has 1 heterocycles. The van der Waals surface area contributed by atoms with Gasteiger partial charge < -0.3 is 16.4 Å². The molecule has 1 atom stereocenters. The summed E-state index contributed by atoms with van der Waals surface area (Å²) in [4.78, 5) is 18.6. The van der Waals surface area contributed by atoms with Gasteiger partial charge in [0.25, 0.3) is 0 Å². The second-order valence-corrected chi connectivity index (χ2v) is 9.70. The molecule has 2 aromatic rings. The lowest BCUT2D eigenvalue weighted by Gasteiger charge is -2.28. The molecule has 2 amide bonds. The molecule has 0 bridgehead atoms. The molecule has 0 aliphatic carbocycles. The number of amides is 2. The van der Waals surface area contributed by atoms with E-state index in [-0.39, 0.29) is 18.4 Å². The first-order valence-corrected chi connectivity index (χ1v) is 14.2. The highest BCUT2D eigenvalue weighted by Crippen LogP contribution is 2.22. The second kappa shape index (κ2) is 16.2. The predicted octanol–water partition coefficient (Wildman–Crippen LogP) is 6.45. The van der Waals surface area contributed by atoms with Crippen molar-refractivity contribution >= 4 is 29.2 Å². The minimum absolute atomic E-state index is 0.0898. The Labute approximate surface area is 245 Å². The topological polar surface area (TPSA) is 107 Å². The van der Waals surface area contributed by atoms with E-state index in [1.807, 2.05) is 45.9 Å². The summed E-state index contributed by atoms with van der Waals surface area (Å²) in [5, 5.41) is 15.0. The quantitative estimate of drug-likeness (QED) is 0.209. The van der Waals surface area contributed by atoms with Gasteiger partial charge in [0.15, 0.2) is 0 Å². The normalized spacial score (nSPS) is 17.4. The SMILES string of the molecule is CC.CCc1ccc(C(=N)N(CCC(F)(F)F)C(=O)NC/C(N)=C2\CCNC(C)C2=NCc2ccccc2Cl)cc1. The molecule has 1 aliphatic heterocycles. The molecule has 41 heavy (non-hydrogen) atoms. The molecular weight excluding hydrogens is 553 g/mol. The van der Waals surface area contributed by atoms with E-state index in [2.05, 4.69) is 10.6 Å². The van der Waals surface area contributed by atoms with Crippen molar-refractivity contribution in [2.45, 2.75) is 65.7 Å². The molecule has 1 saturated heterocycles. The smallest absolute Gasteiger partial charge is 0.390 e. The Morgan fingerprint density at radius 2 is 1.85 bits per heavy atom. The molecule has 2 aromatic carbocycles. The number of aryl methyl sites for hydroxylation is 1. The molecule has 1 fully saturated rings. The van der Waals surface area contributed by atoms with E-state index >= 15 is 0 Å². The van der Waals surface area contributed by atoms with E-state index in [9.17, 15) is 18.0 Å². The van der Waals surface area contributed by atoms with Crippen molar-refractivity contribution in [1.29, 1.82) is 5.41 Å². The van der Waals surface area contributed by atoms with E-state index in [1.54, 1.807) is 30.3 Å². The van der Waals surface area contributed by atoms with E-state index in [1.165, 1.54) is 0 Å². The van der Waals surface area contributed by atoms with E-state index in [0.717, 1.165) is 33.7 Å². The number of aliphatic imine (C=N–C) groups is 1. The van der Waals surface area contributed by atoms with E-state index in [4.69, 9.17) is 27.7 Å². The number of alkyl halides is 3. The second-order valence-electron chi connectivity index (χ2n) is 9.30. The van der Waals surface area contributed by atoms with Gasteiger partial charge in [0.2, 0.25) is 0 Å². The number of nitrogens with two attached hydrogens (primary N) is 1. The van der Waals surface area contributed by atoms with Crippen LogP contribution in [-0.4, -0.2) is 54.3 Å². The first kappa shape index (κ1) is 33.8. The Morgan fingerprint density at radius 1 is 1.20 bits per heavy atom. The molecule has 0 radical (unpaired) electrons. The zero-order chi connectivity index (χ0) is 30.6. The van der Waals surface area contributed by atoms with Crippen LogP contribution >= 0.6 is 11.6 Å².